The number of carbonyl (C=O) groups is 2. The van der Waals surface area contributed by atoms with Crippen LogP contribution in [0.2, 0.25) is 5.02 Å². The number of hydrogen-bond acceptors (Lipinski definition) is 3. The molecule has 2 N–H and O–H groups in total. The predicted molar refractivity (Wildman–Crippen MR) is 106 cm³/mol. The molecule has 0 aliphatic carbocycles. The summed E-state index contributed by atoms with van der Waals surface area (Å²) in [7, 11) is 0. The van der Waals surface area contributed by atoms with E-state index in [2.05, 4.69) is 10.6 Å². The maximum atomic E-state index is 12.7. The third kappa shape index (κ3) is 5.51. The molecule has 3 aromatic carbocycles. The average molecular weight is 435 g/mol. The lowest BCUT2D eigenvalue weighted by atomic mass is 10.2. The van der Waals surface area contributed by atoms with E-state index in [0.29, 0.717) is 5.69 Å². The van der Waals surface area contributed by atoms with Gasteiger partial charge in [0.1, 0.15) is 11.5 Å². The van der Waals surface area contributed by atoms with Crippen LogP contribution in [0.5, 0.6) is 11.5 Å². The zero-order valence-electron chi connectivity index (χ0n) is 15.2. The molecule has 0 aromatic heterocycles. The van der Waals surface area contributed by atoms with Gasteiger partial charge in [0.2, 0.25) is 0 Å². The molecule has 0 heterocycles. The molecule has 154 valence electrons. The molecule has 0 aliphatic heterocycles. The second kappa shape index (κ2) is 8.87. The van der Waals surface area contributed by atoms with Crippen molar-refractivity contribution in [1.29, 1.82) is 0 Å². The van der Waals surface area contributed by atoms with Crippen LogP contribution in [-0.4, -0.2) is 11.9 Å². The standard InChI is InChI=1S/C21H14ClF3N2O3/c22-17-12-14(21(23,24)25)8-11-18(17)30-16-9-6-13(7-10-16)19(28)27-20(29)26-15-4-2-1-3-5-15/h1-12H,(H2,26,27,28,29). The summed E-state index contributed by atoms with van der Waals surface area (Å²) in [6.45, 7) is 0. The molecule has 5 nitrogen and oxygen atoms in total. The first-order chi connectivity index (χ1) is 14.2. The minimum atomic E-state index is -4.51. The summed E-state index contributed by atoms with van der Waals surface area (Å²) < 4.78 is 43.5. The van der Waals surface area contributed by atoms with Crippen LogP contribution >= 0.6 is 11.6 Å². The molecular weight excluding hydrogens is 421 g/mol. The average Bonchev–Trinajstić information content (AvgIpc) is 2.70. The normalized spacial score (nSPS) is 10.9. The van der Waals surface area contributed by atoms with Gasteiger partial charge in [0.15, 0.2) is 0 Å². The van der Waals surface area contributed by atoms with Gasteiger partial charge in [-0.15, -0.1) is 0 Å². The summed E-state index contributed by atoms with van der Waals surface area (Å²) >= 11 is 5.86. The Balaban J connectivity index is 1.62. The highest BCUT2D eigenvalue weighted by Gasteiger charge is 2.31. The van der Waals surface area contributed by atoms with Crippen molar-refractivity contribution >= 4 is 29.2 Å². The molecule has 3 rings (SSSR count). The summed E-state index contributed by atoms with van der Waals surface area (Å²) in [4.78, 5) is 24.0. The van der Waals surface area contributed by atoms with Gasteiger partial charge in [0, 0.05) is 11.3 Å². The quantitative estimate of drug-likeness (QED) is 0.520. The van der Waals surface area contributed by atoms with Crippen LogP contribution in [0.25, 0.3) is 0 Å². The van der Waals surface area contributed by atoms with Crippen LogP contribution < -0.4 is 15.4 Å². The first kappa shape index (κ1) is 21.2. The van der Waals surface area contributed by atoms with Crippen LogP contribution in [0, 0.1) is 0 Å². The fourth-order valence-corrected chi connectivity index (χ4v) is 2.64. The first-order valence-electron chi connectivity index (χ1n) is 8.54. The number of nitrogens with one attached hydrogen (secondary N) is 2. The molecule has 0 unspecified atom stereocenters. The molecule has 3 aromatic rings. The number of amides is 3. The summed E-state index contributed by atoms with van der Waals surface area (Å²) in [5, 5.41) is 4.50. The van der Waals surface area contributed by atoms with Crippen LogP contribution in [0.4, 0.5) is 23.7 Å². The fourth-order valence-electron chi connectivity index (χ4n) is 2.42. The number of urea groups is 1. The van der Waals surface area contributed by atoms with Gasteiger partial charge in [-0.2, -0.15) is 13.2 Å². The number of ether oxygens (including phenoxy) is 1. The zero-order valence-corrected chi connectivity index (χ0v) is 15.9. The minimum absolute atomic E-state index is 0.0316. The van der Waals surface area contributed by atoms with E-state index in [4.69, 9.17) is 16.3 Å². The summed E-state index contributed by atoms with van der Waals surface area (Å²) in [6.07, 6.45) is -4.51. The van der Waals surface area contributed by atoms with E-state index >= 15 is 0 Å². The van der Waals surface area contributed by atoms with Gasteiger partial charge in [0.05, 0.1) is 10.6 Å². The van der Waals surface area contributed by atoms with Crippen LogP contribution in [-0.2, 0) is 6.18 Å². The van der Waals surface area contributed by atoms with Crippen molar-refractivity contribution in [3.05, 3.63) is 88.9 Å². The van der Waals surface area contributed by atoms with Crippen molar-refractivity contribution in [3.63, 3.8) is 0 Å². The van der Waals surface area contributed by atoms with Gasteiger partial charge in [0.25, 0.3) is 5.91 Å². The lowest BCUT2D eigenvalue weighted by molar-refractivity contribution is -0.137. The van der Waals surface area contributed by atoms with Gasteiger partial charge in [-0.05, 0) is 54.6 Å². The number of rotatable bonds is 4. The third-order valence-electron chi connectivity index (χ3n) is 3.86. The molecule has 9 heteroatoms. The van der Waals surface area contributed by atoms with E-state index in [1.807, 2.05) is 0 Å². The van der Waals surface area contributed by atoms with E-state index < -0.39 is 23.7 Å². The van der Waals surface area contributed by atoms with E-state index in [1.165, 1.54) is 24.3 Å². The third-order valence-corrected chi connectivity index (χ3v) is 4.16. The molecular formula is C21H14ClF3N2O3. The number of halogens is 4. The van der Waals surface area contributed by atoms with Crippen molar-refractivity contribution in [2.45, 2.75) is 6.18 Å². The van der Waals surface area contributed by atoms with E-state index in [1.54, 1.807) is 30.3 Å². The Kier molecular flexibility index (Phi) is 6.27. The molecule has 0 saturated heterocycles. The van der Waals surface area contributed by atoms with Gasteiger partial charge in [-0.1, -0.05) is 29.8 Å². The Bertz CT molecular complexity index is 1060. The Morgan fingerprint density at radius 2 is 1.57 bits per heavy atom. The Labute approximate surface area is 174 Å². The number of para-hydroxylation sites is 1. The highest BCUT2D eigenvalue weighted by molar-refractivity contribution is 6.32. The molecule has 0 radical (unpaired) electrons. The molecule has 0 aliphatic rings. The van der Waals surface area contributed by atoms with Crippen LogP contribution in [0.15, 0.2) is 72.8 Å². The second-order valence-electron chi connectivity index (χ2n) is 6.04. The molecule has 30 heavy (non-hydrogen) atoms. The number of imide groups is 1. The van der Waals surface area contributed by atoms with Gasteiger partial charge >= 0.3 is 12.2 Å². The zero-order chi connectivity index (χ0) is 21.7. The Morgan fingerprint density at radius 3 is 2.17 bits per heavy atom. The highest BCUT2D eigenvalue weighted by atomic mass is 35.5. The second-order valence-corrected chi connectivity index (χ2v) is 6.45. The minimum Gasteiger partial charge on any atom is -0.456 e. The lowest BCUT2D eigenvalue weighted by Crippen LogP contribution is -2.34. The van der Waals surface area contributed by atoms with E-state index in [-0.39, 0.29) is 22.1 Å². The maximum absolute atomic E-state index is 12.7. The smallest absolute Gasteiger partial charge is 0.416 e. The number of alkyl halides is 3. The van der Waals surface area contributed by atoms with Crippen molar-refractivity contribution < 1.29 is 27.5 Å². The fraction of sp³-hybridized carbons (Fsp3) is 0.0476. The Morgan fingerprint density at radius 1 is 0.900 bits per heavy atom. The van der Waals surface area contributed by atoms with Crippen molar-refractivity contribution in [2.24, 2.45) is 0 Å². The number of benzene rings is 3. The van der Waals surface area contributed by atoms with Gasteiger partial charge in [-0.25, -0.2) is 4.79 Å². The summed E-state index contributed by atoms with van der Waals surface area (Å²) in [6, 6.07) is 16.3. The topological polar surface area (TPSA) is 67.4 Å². The largest absolute Gasteiger partial charge is 0.456 e. The van der Waals surface area contributed by atoms with Gasteiger partial charge < -0.3 is 10.1 Å². The first-order valence-corrected chi connectivity index (χ1v) is 8.92. The van der Waals surface area contributed by atoms with Crippen molar-refractivity contribution in [3.8, 4) is 11.5 Å². The van der Waals surface area contributed by atoms with Crippen molar-refractivity contribution in [2.75, 3.05) is 5.32 Å². The number of hydrogen-bond donors (Lipinski definition) is 2. The van der Waals surface area contributed by atoms with E-state index in [9.17, 15) is 22.8 Å². The molecule has 0 fully saturated rings. The molecule has 3 amide bonds. The highest BCUT2D eigenvalue weighted by Crippen LogP contribution is 2.36. The molecule has 0 bridgehead atoms. The van der Waals surface area contributed by atoms with Gasteiger partial charge in [-0.3, -0.25) is 10.1 Å². The maximum Gasteiger partial charge on any atom is 0.416 e. The monoisotopic (exact) mass is 434 g/mol. The summed E-state index contributed by atoms with van der Waals surface area (Å²) in [5.41, 5.74) is -0.176. The van der Waals surface area contributed by atoms with Crippen molar-refractivity contribution in [1.82, 2.24) is 5.32 Å². The summed E-state index contributed by atoms with van der Waals surface area (Å²) in [5.74, 6) is -0.353. The predicted octanol–water partition coefficient (Wildman–Crippen LogP) is 6.11. The molecule has 0 saturated carbocycles. The number of carbonyl (C=O) groups excluding carboxylic acids is 2. The number of anilines is 1. The van der Waals surface area contributed by atoms with E-state index in [0.717, 1.165) is 18.2 Å². The molecule has 0 spiro atoms. The SMILES string of the molecule is O=C(NC(=O)c1ccc(Oc2ccc(C(F)(F)F)cc2Cl)cc1)Nc1ccccc1. The van der Waals surface area contributed by atoms with Crippen LogP contribution in [0.3, 0.4) is 0 Å². The Hall–Kier alpha value is -3.52. The van der Waals surface area contributed by atoms with Crippen LogP contribution in [0.1, 0.15) is 15.9 Å². The molecule has 0 atom stereocenters. The lowest BCUT2D eigenvalue weighted by Gasteiger charge is -2.11.